The molecular weight excluding hydrogens is 256 g/mol. The summed E-state index contributed by atoms with van der Waals surface area (Å²) in [6, 6.07) is 7.30. The number of hydrogen-bond acceptors (Lipinski definition) is 5. The molecule has 0 bridgehead atoms. The van der Waals surface area contributed by atoms with E-state index in [1.165, 1.54) is 24.3 Å². The van der Waals surface area contributed by atoms with E-state index in [0.29, 0.717) is 12.0 Å². The number of benzene rings is 1. The molecule has 1 aromatic rings. The van der Waals surface area contributed by atoms with Crippen LogP contribution in [0.1, 0.15) is 18.4 Å². The number of nitro groups is 1. The van der Waals surface area contributed by atoms with E-state index in [2.05, 4.69) is 0 Å². The van der Waals surface area contributed by atoms with Crippen molar-refractivity contribution in [2.45, 2.75) is 18.6 Å². The number of unbranched alkanes of at least 4 members (excludes halogenated alkanes) is 1. The van der Waals surface area contributed by atoms with Gasteiger partial charge in [0.1, 0.15) is 0 Å². The van der Waals surface area contributed by atoms with Gasteiger partial charge >= 0.3 is 0 Å². The van der Waals surface area contributed by atoms with Crippen molar-refractivity contribution in [3.63, 3.8) is 0 Å². The maximum atomic E-state index is 11.7. The lowest BCUT2D eigenvalue weighted by Crippen LogP contribution is -2.09. The Labute approximate surface area is 105 Å². The van der Waals surface area contributed by atoms with Gasteiger partial charge in [0.15, 0.2) is 9.84 Å². The number of hydrogen-bond donors (Lipinski definition) is 0. The molecule has 0 aromatic heterocycles. The van der Waals surface area contributed by atoms with E-state index in [4.69, 9.17) is 5.26 Å². The van der Waals surface area contributed by atoms with Gasteiger partial charge in [0, 0.05) is 18.6 Å². The molecule has 7 heteroatoms. The largest absolute Gasteiger partial charge is 0.269 e. The molecule has 0 heterocycles. The molecule has 6 nitrogen and oxygen atoms in total. The maximum absolute atomic E-state index is 11.7. The van der Waals surface area contributed by atoms with Crippen LogP contribution in [-0.2, 0) is 15.6 Å². The molecular formula is C11H12N2O4S. The number of nitrogens with zero attached hydrogens (tertiary/aromatic N) is 2. The van der Waals surface area contributed by atoms with E-state index in [0.717, 1.165) is 0 Å². The fraction of sp³-hybridized carbons (Fsp3) is 0.364. The van der Waals surface area contributed by atoms with Gasteiger partial charge in [-0.15, -0.1) is 0 Å². The van der Waals surface area contributed by atoms with Crippen LogP contribution in [0.4, 0.5) is 5.69 Å². The monoisotopic (exact) mass is 268 g/mol. The zero-order valence-corrected chi connectivity index (χ0v) is 10.4. The first-order valence-electron chi connectivity index (χ1n) is 5.25. The molecule has 18 heavy (non-hydrogen) atoms. The first kappa shape index (κ1) is 14.1. The molecule has 0 fully saturated rings. The molecule has 1 rings (SSSR count). The molecule has 0 atom stereocenters. The normalized spacial score (nSPS) is 10.8. The highest BCUT2D eigenvalue weighted by Crippen LogP contribution is 2.14. The summed E-state index contributed by atoms with van der Waals surface area (Å²) in [6.45, 7) is 0. The molecule has 0 unspecified atom stereocenters. The third-order valence-electron chi connectivity index (χ3n) is 2.28. The van der Waals surface area contributed by atoms with Crippen LogP contribution in [0, 0.1) is 21.4 Å². The fourth-order valence-electron chi connectivity index (χ4n) is 1.41. The Balaban J connectivity index is 2.67. The molecule has 0 radical (unpaired) electrons. The summed E-state index contributed by atoms with van der Waals surface area (Å²) >= 11 is 0. The number of nitro benzene ring substituents is 1. The van der Waals surface area contributed by atoms with E-state index in [1.807, 2.05) is 6.07 Å². The first-order chi connectivity index (χ1) is 8.44. The van der Waals surface area contributed by atoms with Crippen molar-refractivity contribution in [2.75, 3.05) is 5.75 Å². The Morgan fingerprint density at radius 2 is 1.89 bits per heavy atom. The van der Waals surface area contributed by atoms with Gasteiger partial charge in [0.05, 0.1) is 22.5 Å². The topological polar surface area (TPSA) is 101 Å². The molecule has 0 saturated carbocycles. The zero-order valence-electron chi connectivity index (χ0n) is 9.57. The summed E-state index contributed by atoms with van der Waals surface area (Å²) in [7, 11) is -3.26. The van der Waals surface area contributed by atoms with Gasteiger partial charge in [0.2, 0.25) is 0 Å². The van der Waals surface area contributed by atoms with Crippen molar-refractivity contribution in [3.05, 3.63) is 39.9 Å². The van der Waals surface area contributed by atoms with Crippen LogP contribution >= 0.6 is 0 Å². The minimum absolute atomic E-state index is 0.0441. The summed E-state index contributed by atoms with van der Waals surface area (Å²) in [6.07, 6.45) is 0.519. The zero-order chi connectivity index (χ0) is 13.6. The Kier molecular flexibility index (Phi) is 4.80. The molecule has 0 amide bonds. The molecule has 1 aromatic carbocycles. The van der Waals surface area contributed by atoms with E-state index >= 15 is 0 Å². The van der Waals surface area contributed by atoms with Gasteiger partial charge in [-0.3, -0.25) is 10.1 Å². The molecule has 0 N–H and O–H groups in total. The maximum Gasteiger partial charge on any atom is 0.269 e. The lowest BCUT2D eigenvalue weighted by Gasteiger charge is -2.03. The SMILES string of the molecule is N#CCCCS(=O)(=O)Cc1ccc([N+](=O)[O-])cc1. The number of sulfone groups is 1. The van der Waals surface area contributed by atoms with E-state index in [1.54, 1.807) is 0 Å². The van der Waals surface area contributed by atoms with Crippen LogP contribution in [0.3, 0.4) is 0 Å². The molecule has 0 aliphatic carbocycles. The minimum atomic E-state index is -3.26. The average molecular weight is 268 g/mol. The quantitative estimate of drug-likeness (QED) is 0.445. The lowest BCUT2D eigenvalue weighted by molar-refractivity contribution is -0.384. The first-order valence-corrected chi connectivity index (χ1v) is 7.07. The second-order valence-corrected chi connectivity index (χ2v) is 5.96. The van der Waals surface area contributed by atoms with E-state index in [9.17, 15) is 18.5 Å². The third kappa shape index (κ3) is 4.51. The van der Waals surface area contributed by atoms with Crippen LogP contribution in [0.25, 0.3) is 0 Å². The predicted molar refractivity (Wildman–Crippen MR) is 65.4 cm³/mol. The Morgan fingerprint density at radius 3 is 2.39 bits per heavy atom. The molecule has 96 valence electrons. The molecule has 0 spiro atoms. The highest BCUT2D eigenvalue weighted by atomic mass is 32.2. The van der Waals surface area contributed by atoms with Crippen LogP contribution in [-0.4, -0.2) is 19.1 Å². The minimum Gasteiger partial charge on any atom is -0.258 e. The van der Waals surface area contributed by atoms with Crippen molar-refractivity contribution in [1.82, 2.24) is 0 Å². The molecule has 0 aliphatic rings. The van der Waals surface area contributed by atoms with Gasteiger partial charge in [-0.2, -0.15) is 5.26 Å². The van der Waals surface area contributed by atoms with E-state index < -0.39 is 14.8 Å². The number of rotatable bonds is 6. The van der Waals surface area contributed by atoms with Crippen LogP contribution in [0.5, 0.6) is 0 Å². The van der Waals surface area contributed by atoms with Gasteiger partial charge in [-0.05, 0) is 12.0 Å². The van der Waals surface area contributed by atoms with E-state index in [-0.39, 0.29) is 23.6 Å². The van der Waals surface area contributed by atoms with Crippen LogP contribution in [0.15, 0.2) is 24.3 Å². The predicted octanol–water partition coefficient (Wildman–Crippen LogP) is 1.81. The molecule has 0 saturated heterocycles. The van der Waals surface area contributed by atoms with Gasteiger partial charge in [0.25, 0.3) is 5.69 Å². The lowest BCUT2D eigenvalue weighted by atomic mass is 10.2. The second kappa shape index (κ2) is 6.12. The average Bonchev–Trinajstić information content (AvgIpc) is 2.29. The van der Waals surface area contributed by atoms with Gasteiger partial charge < -0.3 is 0 Å². The van der Waals surface area contributed by atoms with Crippen molar-refractivity contribution in [3.8, 4) is 6.07 Å². The number of non-ortho nitro benzene ring substituents is 1. The highest BCUT2D eigenvalue weighted by Gasteiger charge is 2.12. The Hall–Kier alpha value is -1.94. The Bertz CT molecular complexity index is 558. The number of nitriles is 1. The van der Waals surface area contributed by atoms with Gasteiger partial charge in [-0.1, -0.05) is 12.1 Å². The van der Waals surface area contributed by atoms with Gasteiger partial charge in [-0.25, -0.2) is 8.42 Å². The summed E-state index contributed by atoms with van der Waals surface area (Å²) in [5.41, 5.74) is 0.443. The summed E-state index contributed by atoms with van der Waals surface area (Å²) in [5.74, 6) is -0.200. The third-order valence-corrected chi connectivity index (χ3v) is 3.96. The van der Waals surface area contributed by atoms with Crippen molar-refractivity contribution in [2.24, 2.45) is 0 Å². The summed E-state index contributed by atoms with van der Waals surface area (Å²) in [5, 5.41) is 18.8. The summed E-state index contributed by atoms with van der Waals surface area (Å²) in [4.78, 5) is 9.89. The van der Waals surface area contributed by atoms with Crippen LogP contribution < -0.4 is 0 Å². The fourth-order valence-corrected chi connectivity index (χ4v) is 2.84. The molecule has 0 aliphatic heterocycles. The smallest absolute Gasteiger partial charge is 0.258 e. The second-order valence-electron chi connectivity index (χ2n) is 3.78. The summed E-state index contributed by atoms with van der Waals surface area (Å²) < 4.78 is 23.3. The van der Waals surface area contributed by atoms with Crippen molar-refractivity contribution in [1.29, 1.82) is 5.26 Å². The standard InChI is InChI=1S/C11H12N2O4S/c12-7-1-2-8-18(16,17)9-10-3-5-11(6-4-10)13(14)15/h3-6H,1-2,8-9H2. The Morgan fingerprint density at radius 1 is 1.28 bits per heavy atom. The van der Waals surface area contributed by atoms with Crippen molar-refractivity contribution < 1.29 is 13.3 Å². The van der Waals surface area contributed by atoms with Crippen molar-refractivity contribution >= 4 is 15.5 Å². The van der Waals surface area contributed by atoms with Crippen LogP contribution in [0.2, 0.25) is 0 Å². The highest BCUT2D eigenvalue weighted by molar-refractivity contribution is 7.90.